The molecule has 0 aliphatic heterocycles. The number of aromatic nitrogens is 2. The van der Waals surface area contributed by atoms with E-state index in [1.165, 1.54) is 19.3 Å². The van der Waals surface area contributed by atoms with E-state index < -0.39 is 0 Å². The SMILES string of the molecule is CCc1nnc(CN=C(N)NCC2CCC2)s1.I. The fourth-order valence-electron chi connectivity index (χ4n) is 1.65. The average Bonchev–Trinajstić information content (AvgIpc) is 2.72. The molecule has 1 aromatic heterocycles. The third-order valence-corrected chi connectivity index (χ3v) is 4.04. The first-order valence-corrected chi connectivity index (χ1v) is 6.94. The number of aryl methyl sites for hydroxylation is 1. The van der Waals surface area contributed by atoms with Crippen LogP contribution < -0.4 is 11.1 Å². The zero-order chi connectivity index (χ0) is 12.1. The topological polar surface area (TPSA) is 76.2 Å². The van der Waals surface area contributed by atoms with Crippen LogP contribution in [0.5, 0.6) is 0 Å². The lowest BCUT2D eigenvalue weighted by Gasteiger charge is -2.25. The van der Waals surface area contributed by atoms with Gasteiger partial charge in [-0.2, -0.15) is 0 Å². The van der Waals surface area contributed by atoms with Crippen molar-refractivity contribution in [2.75, 3.05) is 6.54 Å². The van der Waals surface area contributed by atoms with Crippen molar-refractivity contribution in [3.63, 3.8) is 0 Å². The Bertz CT molecular complexity index is 389. The van der Waals surface area contributed by atoms with E-state index in [1.807, 2.05) is 0 Å². The van der Waals surface area contributed by atoms with Crippen molar-refractivity contribution in [3.8, 4) is 0 Å². The lowest BCUT2D eigenvalue weighted by atomic mass is 9.85. The first kappa shape index (κ1) is 15.6. The van der Waals surface area contributed by atoms with Gasteiger partial charge in [0.2, 0.25) is 0 Å². The zero-order valence-electron chi connectivity index (χ0n) is 10.6. The van der Waals surface area contributed by atoms with Crippen molar-refractivity contribution < 1.29 is 0 Å². The Balaban J connectivity index is 0.00000162. The highest BCUT2D eigenvalue weighted by atomic mass is 127. The number of rotatable bonds is 5. The predicted octanol–water partition coefficient (Wildman–Crippen LogP) is 1.92. The first-order chi connectivity index (χ1) is 8.28. The second-order valence-corrected chi connectivity index (χ2v) is 5.47. The molecule has 1 saturated carbocycles. The molecular formula is C11H20IN5S. The minimum Gasteiger partial charge on any atom is -0.370 e. The van der Waals surface area contributed by atoms with Gasteiger partial charge in [-0.25, -0.2) is 4.99 Å². The maximum atomic E-state index is 5.78. The van der Waals surface area contributed by atoms with Crippen LogP contribution in [0.15, 0.2) is 4.99 Å². The lowest BCUT2D eigenvalue weighted by molar-refractivity contribution is 0.315. The molecule has 102 valence electrons. The van der Waals surface area contributed by atoms with Crippen LogP contribution in [0.25, 0.3) is 0 Å². The van der Waals surface area contributed by atoms with Gasteiger partial charge in [-0.05, 0) is 25.2 Å². The second-order valence-electron chi connectivity index (χ2n) is 4.32. The third kappa shape index (κ3) is 4.68. The van der Waals surface area contributed by atoms with Crippen LogP contribution in [-0.2, 0) is 13.0 Å². The summed E-state index contributed by atoms with van der Waals surface area (Å²) in [6.45, 7) is 3.55. The summed E-state index contributed by atoms with van der Waals surface area (Å²) >= 11 is 1.60. The molecule has 1 heterocycles. The summed E-state index contributed by atoms with van der Waals surface area (Å²) in [4.78, 5) is 4.26. The summed E-state index contributed by atoms with van der Waals surface area (Å²) in [6, 6.07) is 0. The van der Waals surface area contributed by atoms with Gasteiger partial charge < -0.3 is 11.1 Å². The highest BCUT2D eigenvalue weighted by Crippen LogP contribution is 2.24. The molecule has 7 heteroatoms. The fraction of sp³-hybridized carbons (Fsp3) is 0.727. The first-order valence-electron chi connectivity index (χ1n) is 6.13. The molecule has 1 fully saturated rings. The molecule has 1 aromatic rings. The van der Waals surface area contributed by atoms with Crippen LogP contribution in [0.3, 0.4) is 0 Å². The third-order valence-electron chi connectivity index (χ3n) is 2.99. The van der Waals surface area contributed by atoms with E-state index in [0.29, 0.717) is 12.5 Å². The molecule has 0 radical (unpaired) electrons. The quantitative estimate of drug-likeness (QED) is 0.464. The van der Waals surface area contributed by atoms with E-state index in [1.54, 1.807) is 11.3 Å². The fourth-order valence-corrected chi connectivity index (χ4v) is 2.36. The maximum Gasteiger partial charge on any atom is 0.189 e. The Hall–Kier alpha value is -0.440. The van der Waals surface area contributed by atoms with Gasteiger partial charge in [-0.1, -0.05) is 24.7 Å². The molecule has 0 unspecified atom stereocenters. The molecule has 18 heavy (non-hydrogen) atoms. The minimum absolute atomic E-state index is 0. The maximum absolute atomic E-state index is 5.78. The average molecular weight is 381 g/mol. The minimum atomic E-state index is 0. The standard InChI is InChI=1S/C11H19N5S.HI/c1-2-9-15-16-10(17-9)7-14-11(12)13-6-8-4-3-5-8;/h8H,2-7H2,1H3,(H3,12,13,14);1H. The molecule has 0 spiro atoms. The van der Waals surface area contributed by atoms with E-state index >= 15 is 0 Å². The Morgan fingerprint density at radius 1 is 1.44 bits per heavy atom. The van der Waals surface area contributed by atoms with Crippen LogP contribution in [0.4, 0.5) is 0 Å². The Morgan fingerprint density at radius 3 is 2.72 bits per heavy atom. The second kappa shape index (κ2) is 7.88. The van der Waals surface area contributed by atoms with E-state index in [9.17, 15) is 0 Å². The van der Waals surface area contributed by atoms with Gasteiger partial charge in [-0.15, -0.1) is 34.2 Å². The highest BCUT2D eigenvalue weighted by molar-refractivity contribution is 14.0. The summed E-state index contributed by atoms with van der Waals surface area (Å²) in [6.07, 6.45) is 4.91. The van der Waals surface area contributed by atoms with Crippen molar-refractivity contribution in [2.24, 2.45) is 16.6 Å². The van der Waals surface area contributed by atoms with Crippen molar-refractivity contribution >= 4 is 41.3 Å². The number of aliphatic imine (C=N–C) groups is 1. The molecule has 1 aliphatic carbocycles. The highest BCUT2D eigenvalue weighted by Gasteiger charge is 2.16. The molecular weight excluding hydrogens is 361 g/mol. The van der Waals surface area contributed by atoms with Crippen LogP contribution in [0, 0.1) is 5.92 Å². The van der Waals surface area contributed by atoms with Gasteiger partial charge in [0.05, 0.1) is 6.54 Å². The van der Waals surface area contributed by atoms with Crippen LogP contribution in [0.1, 0.15) is 36.2 Å². The van der Waals surface area contributed by atoms with E-state index in [0.717, 1.165) is 28.9 Å². The van der Waals surface area contributed by atoms with Crippen molar-refractivity contribution in [3.05, 3.63) is 10.0 Å². The number of nitrogens with zero attached hydrogens (tertiary/aromatic N) is 3. The number of halogens is 1. The Kier molecular flexibility index (Phi) is 6.83. The van der Waals surface area contributed by atoms with E-state index in [-0.39, 0.29) is 24.0 Å². The monoisotopic (exact) mass is 381 g/mol. The summed E-state index contributed by atoms with van der Waals surface area (Å²) in [7, 11) is 0. The van der Waals surface area contributed by atoms with Crippen molar-refractivity contribution in [1.82, 2.24) is 15.5 Å². The van der Waals surface area contributed by atoms with Crippen molar-refractivity contribution in [1.29, 1.82) is 0 Å². The van der Waals surface area contributed by atoms with Gasteiger partial charge >= 0.3 is 0 Å². The van der Waals surface area contributed by atoms with Crippen LogP contribution in [0.2, 0.25) is 0 Å². The van der Waals surface area contributed by atoms with Gasteiger partial charge in [0.15, 0.2) is 5.96 Å². The molecule has 1 aliphatic rings. The smallest absolute Gasteiger partial charge is 0.189 e. The summed E-state index contributed by atoms with van der Waals surface area (Å²) in [5, 5.41) is 13.2. The molecule has 0 bridgehead atoms. The molecule has 0 aromatic carbocycles. The van der Waals surface area contributed by atoms with E-state index in [2.05, 4.69) is 27.4 Å². The molecule has 2 rings (SSSR count). The molecule has 3 N–H and O–H groups in total. The number of hydrogen-bond donors (Lipinski definition) is 2. The Morgan fingerprint density at radius 2 is 2.17 bits per heavy atom. The zero-order valence-corrected chi connectivity index (χ0v) is 13.7. The Labute approximate surface area is 129 Å². The molecule has 0 atom stereocenters. The number of nitrogens with one attached hydrogen (secondary N) is 1. The summed E-state index contributed by atoms with van der Waals surface area (Å²) in [5.41, 5.74) is 5.78. The normalized spacial score (nSPS) is 15.9. The van der Waals surface area contributed by atoms with Crippen LogP contribution >= 0.6 is 35.3 Å². The predicted molar refractivity (Wildman–Crippen MR) is 85.4 cm³/mol. The van der Waals surface area contributed by atoms with Gasteiger partial charge in [0, 0.05) is 6.54 Å². The largest absolute Gasteiger partial charge is 0.370 e. The van der Waals surface area contributed by atoms with Gasteiger partial charge in [0.1, 0.15) is 10.0 Å². The van der Waals surface area contributed by atoms with Crippen LogP contribution in [-0.4, -0.2) is 22.7 Å². The van der Waals surface area contributed by atoms with Gasteiger partial charge in [0.25, 0.3) is 0 Å². The summed E-state index contributed by atoms with van der Waals surface area (Å²) < 4.78 is 0. The van der Waals surface area contributed by atoms with E-state index in [4.69, 9.17) is 5.73 Å². The number of hydrogen-bond acceptors (Lipinski definition) is 4. The number of nitrogens with two attached hydrogens (primary N) is 1. The summed E-state index contributed by atoms with van der Waals surface area (Å²) in [5.74, 6) is 1.31. The molecule has 0 amide bonds. The molecule has 5 nitrogen and oxygen atoms in total. The van der Waals surface area contributed by atoms with Crippen molar-refractivity contribution in [2.45, 2.75) is 39.2 Å². The lowest BCUT2D eigenvalue weighted by Crippen LogP contribution is -2.37. The molecule has 0 saturated heterocycles. The number of guanidine groups is 1. The van der Waals surface area contributed by atoms with Gasteiger partial charge in [-0.3, -0.25) is 0 Å².